The van der Waals surface area contributed by atoms with Gasteiger partial charge in [0, 0.05) is 17.0 Å². The lowest BCUT2D eigenvalue weighted by molar-refractivity contribution is 0.619. The lowest BCUT2D eigenvalue weighted by atomic mass is 10.1. The fourth-order valence-corrected chi connectivity index (χ4v) is 2.33. The van der Waals surface area contributed by atoms with Gasteiger partial charge in [0.2, 0.25) is 0 Å². The predicted octanol–water partition coefficient (Wildman–Crippen LogP) is 3.28. The molecule has 84 valence electrons. The van der Waals surface area contributed by atoms with Gasteiger partial charge < -0.3 is 5.73 Å². The minimum atomic E-state index is -0.187. The van der Waals surface area contributed by atoms with Gasteiger partial charge in [0.05, 0.1) is 5.69 Å². The van der Waals surface area contributed by atoms with Gasteiger partial charge >= 0.3 is 0 Å². The number of aromatic nitrogens is 1. The monoisotopic (exact) mass is 236 g/mol. The van der Waals surface area contributed by atoms with Crippen molar-refractivity contribution in [3.8, 4) is 10.6 Å². The third kappa shape index (κ3) is 2.13. The second-order valence-corrected chi connectivity index (χ2v) is 4.69. The van der Waals surface area contributed by atoms with E-state index in [1.807, 2.05) is 12.3 Å². The van der Waals surface area contributed by atoms with E-state index in [9.17, 15) is 4.39 Å². The second kappa shape index (κ2) is 4.31. The summed E-state index contributed by atoms with van der Waals surface area (Å²) in [7, 11) is 0. The fourth-order valence-electron chi connectivity index (χ4n) is 1.41. The van der Waals surface area contributed by atoms with Gasteiger partial charge in [-0.1, -0.05) is 0 Å². The van der Waals surface area contributed by atoms with Crippen molar-refractivity contribution in [2.45, 2.75) is 19.9 Å². The molecule has 2 rings (SSSR count). The Labute approximate surface area is 97.9 Å². The van der Waals surface area contributed by atoms with Gasteiger partial charge in [-0.2, -0.15) is 0 Å². The first kappa shape index (κ1) is 11.2. The Morgan fingerprint density at radius 2 is 2.19 bits per heavy atom. The van der Waals surface area contributed by atoms with Crippen molar-refractivity contribution in [3.05, 3.63) is 40.7 Å². The van der Waals surface area contributed by atoms with Gasteiger partial charge in [-0.05, 0) is 37.6 Å². The molecule has 16 heavy (non-hydrogen) atoms. The molecule has 0 saturated carbocycles. The largest absolute Gasteiger partial charge is 0.323 e. The van der Waals surface area contributed by atoms with Crippen LogP contribution in [-0.4, -0.2) is 4.98 Å². The molecular weight excluding hydrogens is 223 g/mol. The minimum absolute atomic E-state index is 0.0634. The van der Waals surface area contributed by atoms with Crippen LogP contribution in [0.5, 0.6) is 0 Å². The maximum absolute atomic E-state index is 13.1. The molecule has 0 bridgehead atoms. The molecule has 2 nitrogen and oxygen atoms in total. The Morgan fingerprint density at radius 3 is 2.75 bits per heavy atom. The maximum Gasteiger partial charge on any atom is 0.126 e. The van der Waals surface area contributed by atoms with Gasteiger partial charge in [-0.15, -0.1) is 11.3 Å². The van der Waals surface area contributed by atoms with Gasteiger partial charge in [-0.25, -0.2) is 9.37 Å². The van der Waals surface area contributed by atoms with Crippen molar-refractivity contribution < 1.29 is 4.39 Å². The van der Waals surface area contributed by atoms with Crippen LogP contribution in [0.4, 0.5) is 4.39 Å². The highest BCUT2D eigenvalue weighted by Crippen LogP contribution is 2.26. The number of nitrogens with two attached hydrogens (primary N) is 1. The third-order valence-corrected chi connectivity index (χ3v) is 3.30. The number of hydrogen-bond acceptors (Lipinski definition) is 3. The number of thiazole rings is 1. The van der Waals surface area contributed by atoms with E-state index in [0.29, 0.717) is 5.56 Å². The average molecular weight is 236 g/mol. The standard InChI is InChI=1S/C12H13FN2S/c1-7-5-9(3-4-10(7)13)12-15-11(6-16-12)8(2)14/h3-6,8H,14H2,1-2H3. The topological polar surface area (TPSA) is 38.9 Å². The van der Waals surface area contributed by atoms with Gasteiger partial charge in [-0.3, -0.25) is 0 Å². The van der Waals surface area contributed by atoms with E-state index < -0.39 is 0 Å². The summed E-state index contributed by atoms with van der Waals surface area (Å²) < 4.78 is 13.1. The Kier molecular flexibility index (Phi) is 3.03. The number of benzene rings is 1. The zero-order valence-corrected chi connectivity index (χ0v) is 10.0. The van der Waals surface area contributed by atoms with Crippen LogP contribution < -0.4 is 5.73 Å². The van der Waals surface area contributed by atoms with E-state index in [0.717, 1.165) is 16.3 Å². The molecule has 1 aromatic carbocycles. The van der Waals surface area contributed by atoms with Crippen LogP contribution in [0.3, 0.4) is 0 Å². The van der Waals surface area contributed by atoms with Crippen LogP contribution in [0.1, 0.15) is 24.2 Å². The van der Waals surface area contributed by atoms with Crippen LogP contribution in [0.2, 0.25) is 0 Å². The molecular formula is C12H13FN2S. The van der Waals surface area contributed by atoms with Crippen molar-refractivity contribution in [3.63, 3.8) is 0 Å². The molecule has 1 atom stereocenters. The molecule has 0 spiro atoms. The molecule has 0 aliphatic rings. The molecule has 0 aliphatic heterocycles. The Bertz CT molecular complexity index is 505. The van der Waals surface area contributed by atoms with E-state index in [1.54, 1.807) is 19.1 Å². The fraction of sp³-hybridized carbons (Fsp3) is 0.250. The number of hydrogen-bond donors (Lipinski definition) is 1. The summed E-state index contributed by atoms with van der Waals surface area (Å²) in [5.41, 5.74) is 8.19. The molecule has 0 aliphatic carbocycles. The van der Waals surface area contributed by atoms with E-state index in [1.165, 1.54) is 17.4 Å². The number of halogens is 1. The van der Waals surface area contributed by atoms with Crippen molar-refractivity contribution in [1.29, 1.82) is 0 Å². The minimum Gasteiger partial charge on any atom is -0.323 e. The normalized spacial score (nSPS) is 12.8. The summed E-state index contributed by atoms with van der Waals surface area (Å²) in [4.78, 5) is 4.42. The zero-order valence-electron chi connectivity index (χ0n) is 9.20. The van der Waals surface area contributed by atoms with E-state index in [2.05, 4.69) is 4.98 Å². The highest BCUT2D eigenvalue weighted by atomic mass is 32.1. The van der Waals surface area contributed by atoms with Crippen LogP contribution in [0, 0.1) is 12.7 Å². The first-order chi connectivity index (χ1) is 7.58. The maximum atomic E-state index is 13.1. The molecule has 0 radical (unpaired) electrons. The second-order valence-electron chi connectivity index (χ2n) is 3.83. The first-order valence-electron chi connectivity index (χ1n) is 5.05. The molecule has 0 saturated heterocycles. The highest BCUT2D eigenvalue weighted by Gasteiger charge is 2.08. The predicted molar refractivity (Wildman–Crippen MR) is 64.8 cm³/mol. The van der Waals surface area contributed by atoms with Crippen LogP contribution >= 0.6 is 11.3 Å². The lowest BCUT2D eigenvalue weighted by Gasteiger charge is -2.00. The highest BCUT2D eigenvalue weighted by molar-refractivity contribution is 7.13. The molecule has 2 aromatic rings. The summed E-state index contributed by atoms with van der Waals surface area (Å²) >= 11 is 1.53. The van der Waals surface area contributed by atoms with Crippen molar-refractivity contribution >= 4 is 11.3 Å². The summed E-state index contributed by atoms with van der Waals surface area (Å²) in [6.45, 7) is 3.65. The van der Waals surface area contributed by atoms with Crippen LogP contribution in [0.15, 0.2) is 23.6 Å². The lowest BCUT2D eigenvalue weighted by Crippen LogP contribution is -2.04. The SMILES string of the molecule is Cc1cc(-c2nc(C(C)N)cs2)ccc1F. The Morgan fingerprint density at radius 1 is 1.44 bits per heavy atom. The average Bonchev–Trinajstić information content (AvgIpc) is 2.71. The van der Waals surface area contributed by atoms with Crippen LogP contribution in [0.25, 0.3) is 10.6 Å². The molecule has 1 unspecified atom stereocenters. The molecule has 4 heteroatoms. The Balaban J connectivity index is 2.39. The van der Waals surface area contributed by atoms with Crippen molar-refractivity contribution in [2.24, 2.45) is 5.73 Å². The quantitative estimate of drug-likeness (QED) is 0.869. The molecule has 0 amide bonds. The van der Waals surface area contributed by atoms with Gasteiger partial charge in [0.25, 0.3) is 0 Å². The third-order valence-electron chi connectivity index (χ3n) is 2.39. The summed E-state index contributed by atoms with van der Waals surface area (Å²) in [5, 5.41) is 2.83. The van der Waals surface area contributed by atoms with E-state index in [-0.39, 0.29) is 11.9 Å². The van der Waals surface area contributed by atoms with Gasteiger partial charge in [0.15, 0.2) is 0 Å². The summed E-state index contributed by atoms with van der Waals surface area (Å²) in [5.74, 6) is -0.187. The van der Waals surface area contributed by atoms with E-state index >= 15 is 0 Å². The van der Waals surface area contributed by atoms with Gasteiger partial charge in [0.1, 0.15) is 10.8 Å². The first-order valence-corrected chi connectivity index (χ1v) is 5.93. The smallest absolute Gasteiger partial charge is 0.126 e. The molecule has 2 N–H and O–H groups in total. The van der Waals surface area contributed by atoms with Crippen molar-refractivity contribution in [1.82, 2.24) is 4.98 Å². The van der Waals surface area contributed by atoms with Crippen LogP contribution in [-0.2, 0) is 0 Å². The van der Waals surface area contributed by atoms with Crippen molar-refractivity contribution in [2.75, 3.05) is 0 Å². The molecule has 1 aromatic heterocycles. The van der Waals surface area contributed by atoms with E-state index in [4.69, 9.17) is 5.73 Å². The zero-order chi connectivity index (χ0) is 11.7. The molecule has 1 heterocycles. The Hall–Kier alpha value is -1.26. The number of aryl methyl sites for hydroxylation is 1. The molecule has 0 fully saturated rings. The number of nitrogens with zero attached hydrogens (tertiary/aromatic N) is 1. The summed E-state index contributed by atoms with van der Waals surface area (Å²) in [6.07, 6.45) is 0. The number of rotatable bonds is 2. The summed E-state index contributed by atoms with van der Waals surface area (Å²) in [6, 6.07) is 4.95.